The van der Waals surface area contributed by atoms with Gasteiger partial charge in [-0.15, -0.1) is 0 Å². The third kappa shape index (κ3) is 4.49. The Morgan fingerprint density at radius 3 is 2.53 bits per heavy atom. The molecule has 1 aromatic heterocycles. The van der Waals surface area contributed by atoms with Crippen LogP contribution in [-0.4, -0.2) is 61.0 Å². The number of hydrogen-bond donors (Lipinski definition) is 2. The average molecular weight is 441 g/mol. The fourth-order valence-electron chi connectivity index (χ4n) is 3.19. The Hall–Kier alpha value is -2.86. The van der Waals surface area contributed by atoms with Gasteiger partial charge in [0.15, 0.2) is 11.6 Å². The second-order valence-corrected chi connectivity index (χ2v) is 8.82. The normalized spacial score (nSPS) is 15.7. The first-order valence-electron chi connectivity index (χ1n) is 9.02. The number of aromatic nitrogens is 2. The summed E-state index contributed by atoms with van der Waals surface area (Å²) in [6, 6.07) is 1.91. The Morgan fingerprint density at radius 2 is 1.97 bits per heavy atom. The van der Waals surface area contributed by atoms with Crippen LogP contribution in [-0.2, 0) is 10.0 Å². The number of ether oxygens (including phenoxy) is 1. The van der Waals surface area contributed by atoms with Gasteiger partial charge in [0.1, 0.15) is 11.6 Å². The summed E-state index contributed by atoms with van der Waals surface area (Å²) in [5, 5.41) is 3.04. The first-order valence-corrected chi connectivity index (χ1v) is 10.9. The van der Waals surface area contributed by atoms with E-state index in [1.54, 1.807) is 0 Å². The molecule has 2 aromatic rings. The van der Waals surface area contributed by atoms with Gasteiger partial charge in [0.25, 0.3) is 0 Å². The van der Waals surface area contributed by atoms with Gasteiger partial charge in [0, 0.05) is 25.3 Å². The summed E-state index contributed by atoms with van der Waals surface area (Å²) in [4.78, 5) is 20.7. The molecule has 0 unspecified atom stereocenters. The molecule has 0 amide bonds. The maximum atomic E-state index is 14.4. The Balaban J connectivity index is 1.76. The zero-order valence-electron chi connectivity index (χ0n) is 16.4. The zero-order chi connectivity index (χ0) is 22.1. The van der Waals surface area contributed by atoms with Gasteiger partial charge < -0.3 is 15.8 Å². The standard InChI is InChI=1S/C18H21F2N5O4S/c1-29-13-4-3-12(19)14(15(13)20)16(26)11-9-22-18(24-17(11)21)23-10-5-7-25(8-6-10)30(2,27)28/h3-4,9-10H,5-8H2,1-2H3,(H3,21,22,23,24). The zero-order valence-corrected chi connectivity index (χ0v) is 17.2. The Kier molecular flexibility index (Phi) is 6.17. The van der Waals surface area contributed by atoms with Crippen molar-refractivity contribution in [1.29, 1.82) is 0 Å². The van der Waals surface area contributed by atoms with Crippen molar-refractivity contribution in [3.63, 3.8) is 0 Å². The van der Waals surface area contributed by atoms with E-state index in [0.29, 0.717) is 25.9 Å². The molecular formula is C18H21F2N5O4S. The largest absolute Gasteiger partial charge is 0.494 e. The molecule has 0 atom stereocenters. The van der Waals surface area contributed by atoms with Crippen LogP contribution >= 0.6 is 0 Å². The fraction of sp³-hybridized carbons (Fsp3) is 0.389. The summed E-state index contributed by atoms with van der Waals surface area (Å²) in [5.74, 6) is -3.59. The highest BCUT2D eigenvalue weighted by atomic mass is 32.2. The van der Waals surface area contributed by atoms with Gasteiger partial charge in [-0.3, -0.25) is 4.79 Å². The first-order chi connectivity index (χ1) is 14.1. The maximum absolute atomic E-state index is 14.4. The minimum Gasteiger partial charge on any atom is -0.494 e. The summed E-state index contributed by atoms with van der Waals surface area (Å²) in [6.07, 6.45) is 3.33. The average Bonchev–Trinajstić information content (AvgIpc) is 2.68. The van der Waals surface area contributed by atoms with Crippen LogP contribution in [0.15, 0.2) is 18.3 Å². The number of nitrogens with two attached hydrogens (primary N) is 1. The molecule has 0 spiro atoms. The Labute approximate surface area is 172 Å². The minimum atomic E-state index is -3.24. The smallest absolute Gasteiger partial charge is 0.224 e. The highest BCUT2D eigenvalue weighted by Gasteiger charge is 2.27. The predicted molar refractivity (Wildman–Crippen MR) is 106 cm³/mol. The molecule has 2 heterocycles. The molecule has 1 aliphatic rings. The number of nitrogen functional groups attached to an aromatic ring is 1. The lowest BCUT2D eigenvalue weighted by molar-refractivity contribution is 0.103. The monoisotopic (exact) mass is 441 g/mol. The van der Waals surface area contributed by atoms with Crippen molar-refractivity contribution in [2.75, 3.05) is 37.5 Å². The second-order valence-electron chi connectivity index (χ2n) is 6.84. The SMILES string of the molecule is COc1ccc(F)c(C(=O)c2cnc(NC3CCN(S(C)(=O)=O)CC3)nc2N)c1F. The molecule has 1 aromatic carbocycles. The minimum absolute atomic E-state index is 0.0859. The number of carbonyl (C=O) groups is 1. The van der Waals surface area contributed by atoms with Crippen LogP contribution in [0.25, 0.3) is 0 Å². The molecule has 1 aliphatic heterocycles. The van der Waals surface area contributed by atoms with Crippen molar-refractivity contribution in [1.82, 2.24) is 14.3 Å². The first kappa shape index (κ1) is 21.8. The van der Waals surface area contributed by atoms with E-state index in [0.717, 1.165) is 24.6 Å². The van der Waals surface area contributed by atoms with E-state index >= 15 is 0 Å². The van der Waals surface area contributed by atoms with Crippen LogP contribution in [0.1, 0.15) is 28.8 Å². The second kappa shape index (κ2) is 8.48. The van der Waals surface area contributed by atoms with Crippen molar-refractivity contribution in [3.05, 3.63) is 41.1 Å². The number of hydrogen-bond acceptors (Lipinski definition) is 8. The van der Waals surface area contributed by atoms with Gasteiger partial charge in [0.05, 0.1) is 24.5 Å². The van der Waals surface area contributed by atoms with Crippen LogP contribution in [0.4, 0.5) is 20.5 Å². The van der Waals surface area contributed by atoms with Gasteiger partial charge in [-0.05, 0) is 25.0 Å². The molecular weight excluding hydrogens is 420 g/mol. The molecule has 12 heteroatoms. The van der Waals surface area contributed by atoms with Crippen molar-refractivity contribution in [2.45, 2.75) is 18.9 Å². The summed E-state index contributed by atoms with van der Waals surface area (Å²) in [7, 11) is -2.04. The number of anilines is 2. The summed E-state index contributed by atoms with van der Waals surface area (Å²) in [5.41, 5.74) is 4.78. The molecule has 0 radical (unpaired) electrons. The molecule has 30 heavy (non-hydrogen) atoms. The van der Waals surface area contributed by atoms with Crippen molar-refractivity contribution in [2.24, 2.45) is 0 Å². The third-order valence-electron chi connectivity index (χ3n) is 4.82. The van der Waals surface area contributed by atoms with Crippen LogP contribution < -0.4 is 15.8 Å². The fourth-order valence-corrected chi connectivity index (χ4v) is 4.06. The predicted octanol–water partition coefficient (Wildman–Crippen LogP) is 1.41. The number of piperidine rings is 1. The van der Waals surface area contributed by atoms with Crippen molar-refractivity contribution < 1.29 is 26.7 Å². The number of methoxy groups -OCH3 is 1. The summed E-state index contributed by atoms with van der Waals surface area (Å²) in [6.45, 7) is 0.716. The highest BCUT2D eigenvalue weighted by molar-refractivity contribution is 7.88. The number of nitrogens with one attached hydrogen (secondary N) is 1. The van der Waals surface area contributed by atoms with E-state index < -0.39 is 33.0 Å². The van der Waals surface area contributed by atoms with E-state index in [4.69, 9.17) is 10.5 Å². The van der Waals surface area contributed by atoms with Crippen molar-refractivity contribution >= 4 is 27.6 Å². The summed E-state index contributed by atoms with van der Waals surface area (Å²) < 4.78 is 57.8. The van der Waals surface area contributed by atoms with E-state index in [9.17, 15) is 22.0 Å². The quantitative estimate of drug-likeness (QED) is 0.644. The number of benzene rings is 1. The Morgan fingerprint density at radius 1 is 1.30 bits per heavy atom. The van der Waals surface area contributed by atoms with Crippen LogP contribution in [0.3, 0.4) is 0 Å². The van der Waals surface area contributed by atoms with Gasteiger partial charge in [-0.2, -0.15) is 4.98 Å². The number of carbonyl (C=O) groups excluding carboxylic acids is 1. The number of ketones is 1. The number of halogens is 2. The van der Waals surface area contributed by atoms with Crippen LogP contribution in [0.5, 0.6) is 5.75 Å². The van der Waals surface area contributed by atoms with Gasteiger partial charge in [0.2, 0.25) is 21.8 Å². The molecule has 3 rings (SSSR count). The topological polar surface area (TPSA) is 128 Å². The number of sulfonamides is 1. The molecule has 0 bridgehead atoms. The van der Waals surface area contributed by atoms with Gasteiger partial charge >= 0.3 is 0 Å². The molecule has 1 fully saturated rings. The molecule has 9 nitrogen and oxygen atoms in total. The molecule has 3 N–H and O–H groups in total. The van der Waals surface area contributed by atoms with Crippen LogP contribution in [0.2, 0.25) is 0 Å². The highest BCUT2D eigenvalue weighted by Crippen LogP contribution is 2.27. The third-order valence-corrected chi connectivity index (χ3v) is 6.12. The lowest BCUT2D eigenvalue weighted by Gasteiger charge is -2.30. The maximum Gasteiger partial charge on any atom is 0.224 e. The lowest BCUT2D eigenvalue weighted by atomic mass is 10.0. The molecule has 1 saturated heterocycles. The van der Waals surface area contributed by atoms with Gasteiger partial charge in [-0.25, -0.2) is 26.5 Å². The molecule has 162 valence electrons. The van der Waals surface area contributed by atoms with Gasteiger partial charge in [-0.1, -0.05) is 0 Å². The lowest BCUT2D eigenvalue weighted by Crippen LogP contribution is -2.42. The Bertz CT molecular complexity index is 1070. The van der Waals surface area contributed by atoms with Crippen LogP contribution in [0, 0.1) is 11.6 Å². The van der Waals surface area contributed by atoms with Crippen molar-refractivity contribution in [3.8, 4) is 5.75 Å². The molecule has 0 aliphatic carbocycles. The molecule has 0 saturated carbocycles. The van der Waals surface area contributed by atoms with E-state index in [1.165, 1.54) is 11.4 Å². The van der Waals surface area contributed by atoms with E-state index in [-0.39, 0.29) is 29.1 Å². The number of rotatable bonds is 6. The van der Waals surface area contributed by atoms with E-state index in [1.807, 2.05) is 0 Å². The number of nitrogens with zero attached hydrogens (tertiary/aromatic N) is 3. The summed E-state index contributed by atoms with van der Waals surface area (Å²) >= 11 is 0. The van der Waals surface area contributed by atoms with E-state index in [2.05, 4.69) is 15.3 Å².